The summed E-state index contributed by atoms with van der Waals surface area (Å²) in [4.78, 5) is 15.1. The second-order valence-corrected chi connectivity index (χ2v) is 6.76. The molecule has 0 saturated carbocycles. The number of fused-ring (bicyclic) bond motifs is 2. The number of hydrogen-bond acceptors (Lipinski definition) is 3. The molecule has 3 heterocycles. The van der Waals surface area contributed by atoms with Gasteiger partial charge in [0, 0.05) is 24.9 Å². The fourth-order valence-corrected chi connectivity index (χ4v) is 4.29. The molecule has 4 rings (SSSR count). The zero-order valence-corrected chi connectivity index (χ0v) is 13.6. The molecule has 1 spiro atoms. The zero-order chi connectivity index (χ0) is 14.4. The smallest absolute Gasteiger partial charge is 0.170 e. The van der Waals surface area contributed by atoms with Gasteiger partial charge in [0.05, 0.1) is 18.3 Å². The van der Waals surface area contributed by atoms with Crippen molar-refractivity contribution in [1.29, 1.82) is 0 Å². The highest BCUT2D eigenvalue weighted by atomic mass is 35.5. The third-order valence-electron chi connectivity index (χ3n) is 5.50. The van der Waals surface area contributed by atoms with Crippen LogP contribution < -0.4 is 0 Å². The van der Waals surface area contributed by atoms with Gasteiger partial charge in [0.25, 0.3) is 0 Å². The van der Waals surface area contributed by atoms with E-state index in [1.807, 2.05) is 30.3 Å². The van der Waals surface area contributed by atoms with E-state index in [0.717, 1.165) is 24.0 Å². The summed E-state index contributed by atoms with van der Waals surface area (Å²) in [6, 6.07) is 11.0. The van der Waals surface area contributed by atoms with Gasteiger partial charge in [0.15, 0.2) is 5.78 Å². The van der Waals surface area contributed by atoms with Crippen molar-refractivity contribution in [2.75, 3.05) is 7.05 Å². The number of nitrogens with zero attached hydrogens (tertiary/aromatic N) is 1. The summed E-state index contributed by atoms with van der Waals surface area (Å²) >= 11 is 0. The average Bonchev–Trinajstić information content (AvgIpc) is 2.72. The summed E-state index contributed by atoms with van der Waals surface area (Å²) in [6.07, 6.45) is 6.74. The van der Waals surface area contributed by atoms with E-state index in [9.17, 15) is 4.79 Å². The number of benzene rings is 1. The molecule has 118 valence electrons. The molecular formula is C18H22ClNO2. The second-order valence-electron chi connectivity index (χ2n) is 6.76. The van der Waals surface area contributed by atoms with Crippen LogP contribution in [0.3, 0.4) is 0 Å². The number of halogens is 1. The predicted octanol–water partition coefficient (Wildman–Crippen LogP) is 3.43. The molecule has 4 heteroatoms. The van der Waals surface area contributed by atoms with Crippen molar-refractivity contribution < 1.29 is 9.53 Å². The fraction of sp³-hybridized carbons (Fsp3) is 0.500. The second kappa shape index (κ2) is 5.71. The maximum atomic E-state index is 12.6. The number of carbonyl (C=O) groups is 1. The molecule has 0 amide bonds. The SMILES string of the molecule is CN1C2CCC1CC1(CC(=O)C(c3ccccc3)=CO1)C2.Cl. The minimum absolute atomic E-state index is 0. The van der Waals surface area contributed by atoms with Gasteiger partial charge in [-0.3, -0.25) is 4.79 Å². The maximum absolute atomic E-state index is 12.6. The molecule has 2 saturated heterocycles. The maximum Gasteiger partial charge on any atom is 0.170 e. The van der Waals surface area contributed by atoms with Gasteiger partial charge in [0.1, 0.15) is 5.60 Å². The van der Waals surface area contributed by atoms with E-state index in [-0.39, 0.29) is 23.8 Å². The minimum Gasteiger partial charge on any atom is -0.494 e. The molecule has 2 atom stereocenters. The fourth-order valence-electron chi connectivity index (χ4n) is 4.29. The molecule has 2 fully saturated rings. The van der Waals surface area contributed by atoms with Gasteiger partial charge in [-0.1, -0.05) is 30.3 Å². The number of rotatable bonds is 1. The van der Waals surface area contributed by atoms with Crippen molar-refractivity contribution in [2.45, 2.75) is 49.8 Å². The van der Waals surface area contributed by atoms with Gasteiger partial charge in [-0.15, -0.1) is 12.4 Å². The van der Waals surface area contributed by atoms with E-state index in [0.29, 0.717) is 18.5 Å². The summed E-state index contributed by atoms with van der Waals surface area (Å²) < 4.78 is 6.16. The van der Waals surface area contributed by atoms with Crippen LogP contribution in [0.15, 0.2) is 36.6 Å². The normalized spacial score (nSPS) is 34.0. The average molecular weight is 320 g/mol. The number of piperidine rings is 1. The Morgan fingerprint density at radius 3 is 2.36 bits per heavy atom. The molecule has 2 bridgehead atoms. The van der Waals surface area contributed by atoms with Crippen LogP contribution in [0.25, 0.3) is 5.57 Å². The van der Waals surface area contributed by atoms with Crippen LogP contribution in [0.1, 0.15) is 37.7 Å². The first-order chi connectivity index (χ1) is 10.2. The van der Waals surface area contributed by atoms with Crippen molar-refractivity contribution in [3.8, 4) is 0 Å². The van der Waals surface area contributed by atoms with Gasteiger partial charge in [0.2, 0.25) is 0 Å². The molecule has 2 unspecified atom stereocenters. The van der Waals surface area contributed by atoms with Gasteiger partial charge < -0.3 is 9.64 Å². The molecule has 3 aliphatic rings. The van der Waals surface area contributed by atoms with Crippen molar-refractivity contribution in [1.82, 2.24) is 4.90 Å². The van der Waals surface area contributed by atoms with Crippen LogP contribution in [0.4, 0.5) is 0 Å². The Hall–Kier alpha value is -1.32. The van der Waals surface area contributed by atoms with Crippen LogP contribution in [-0.4, -0.2) is 35.4 Å². The Labute approximate surface area is 137 Å². The van der Waals surface area contributed by atoms with Crippen LogP contribution >= 0.6 is 12.4 Å². The Morgan fingerprint density at radius 2 is 1.77 bits per heavy atom. The summed E-state index contributed by atoms with van der Waals surface area (Å²) in [5.74, 6) is 0.233. The minimum atomic E-state index is -0.242. The lowest BCUT2D eigenvalue weighted by Gasteiger charge is -2.45. The quantitative estimate of drug-likeness (QED) is 0.794. The molecule has 3 aliphatic heterocycles. The number of Topliss-reactive ketones (excluding diaryl/α,β-unsaturated/α-hetero) is 1. The monoisotopic (exact) mass is 319 g/mol. The summed E-state index contributed by atoms with van der Waals surface area (Å²) in [5.41, 5.74) is 1.45. The van der Waals surface area contributed by atoms with Crippen LogP contribution in [0.5, 0.6) is 0 Å². The number of hydrogen-bond donors (Lipinski definition) is 0. The van der Waals surface area contributed by atoms with E-state index < -0.39 is 0 Å². The van der Waals surface area contributed by atoms with Crippen molar-refractivity contribution in [2.24, 2.45) is 0 Å². The van der Waals surface area contributed by atoms with Gasteiger partial charge in [-0.25, -0.2) is 0 Å². The Balaban J connectivity index is 0.00000144. The number of carbonyl (C=O) groups excluding carboxylic acids is 1. The lowest BCUT2D eigenvalue weighted by molar-refractivity contribution is -0.126. The van der Waals surface area contributed by atoms with E-state index in [1.54, 1.807) is 6.26 Å². The molecule has 1 aromatic rings. The Morgan fingerprint density at radius 1 is 1.14 bits per heavy atom. The molecular weight excluding hydrogens is 298 g/mol. The molecule has 22 heavy (non-hydrogen) atoms. The van der Waals surface area contributed by atoms with E-state index in [2.05, 4.69) is 11.9 Å². The summed E-state index contributed by atoms with van der Waals surface area (Å²) in [7, 11) is 2.21. The highest BCUT2D eigenvalue weighted by Crippen LogP contribution is 2.46. The van der Waals surface area contributed by atoms with Crippen LogP contribution in [0.2, 0.25) is 0 Å². The van der Waals surface area contributed by atoms with Crippen molar-refractivity contribution in [3.63, 3.8) is 0 Å². The molecule has 3 nitrogen and oxygen atoms in total. The third kappa shape index (κ3) is 2.46. The highest BCUT2D eigenvalue weighted by molar-refractivity contribution is 6.21. The largest absolute Gasteiger partial charge is 0.494 e. The summed E-state index contributed by atoms with van der Waals surface area (Å²) in [6.45, 7) is 0. The van der Waals surface area contributed by atoms with Crippen molar-refractivity contribution >= 4 is 23.8 Å². The first kappa shape index (κ1) is 15.6. The standard InChI is InChI=1S/C18H21NO2.ClH/c1-19-14-7-8-15(19)10-18(9-14)11-17(20)16(12-21-18)13-5-3-2-4-6-13;/h2-6,12,14-15H,7-11H2,1H3;1H. The Kier molecular flexibility index (Phi) is 4.04. The van der Waals surface area contributed by atoms with E-state index in [4.69, 9.17) is 4.74 Å². The summed E-state index contributed by atoms with van der Waals surface area (Å²) in [5, 5.41) is 0. The third-order valence-corrected chi connectivity index (χ3v) is 5.50. The molecule has 0 aromatic heterocycles. The topological polar surface area (TPSA) is 29.5 Å². The molecule has 0 aliphatic carbocycles. The highest BCUT2D eigenvalue weighted by Gasteiger charge is 2.50. The first-order valence-electron chi connectivity index (χ1n) is 7.85. The number of allylic oxidation sites excluding steroid dienone is 1. The Bertz CT molecular complexity index is 584. The molecule has 0 N–H and O–H groups in total. The van der Waals surface area contributed by atoms with E-state index >= 15 is 0 Å². The lowest BCUT2D eigenvalue weighted by atomic mass is 9.79. The number of ether oxygens (including phenoxy) is 1. The van der Waals surface area contributed by atoms with Crippen LogP contribution in [-0.2, 0) is 9.53 Å². The number of ketones is 1. The predicted molar refractivity (Wildman–Crippen MR) is 88.9 cm³/mol. The molecule has 1 aromatic carbocycles. The molecule has 0 radical (unpaired) electrons. The van der Waals surface area contributed by atoms with Gasteiger partial charge >= 0.3 is 0 Å². The zero-order valence-electron chi connectivity index (χ0n) is 12.8. The van der Waals surface area contributed by atoms with Gasteiger partial charge in [-0.05, 0) is 25.5 Å². The van der Waals surface area contributed by atoms with Crippen molar-refractivity contribution in [3.05, 3.63) is 42.2 Å². The lowest BCUT2D eigenvalue weighted by Crippen LogP contribution is -2.52. The first-order valence-corrected chi connectivity index (χ1v) is 7.85. The van der Waals surface area contributed by atoms with Gasteiger partial charge in [-0.2, -0.15) is 0 Å². The van der Waals surface area contributed by atoms with E-state index in [1.165, 1.54) is 12.8 Å². The van der Waals surface area contributed by atoms with Crippen LogP contribution in [0, 0.1) is 0 Å².